The van der Waals surface area contributed by atoms with E-state index in [2.05, 4.69) is 25.5 Å². The first-order valence-electron chi connectivity index (χ1n) is 7.47. The van der Waals surface area contributed by atoms with Gasteiger partial charge in [0.05, 0.1) is 4.90 Å². The van der Waals surface area contributed by atoms with Crippen LogP contribution >= 0.6 is 0 Å². The fourth-order valence-electron chi connectivity index (χ4n) is 3.20. The third-order valence-electron chi connectivity index (χ3n) is 4.38. The minimum atomic E-state index is -3.40. The van der Waals surface area contributed by atoms with Crippen LogP contribution in [-0.4, -0.2) is 14.5 Å². The van der Waals surface area contributed by atoms with Gasteiger partial charge in [0.25, 0.3) is 0 Å². The molecule has 3 atom stereocenters. The summed E-state index contributed by atoms with van der Waals surface area (Å²) in [6, 6.07) is 8.72. The Kier molecular flexibility index (Phi) is 4.86. The maximum absolute atomic E-state index is 12.5. The van der Waals surface area contributed by atoms with Crippen molar-refractivity contribution >= 4 is 10.0 Å². The first-order chi connectivity index (χ1) is 9.40. The Bertz CT molecular complexity index is 525. The number of sulfonamides is 1. The molecule has 1 aromatic carbocycles. The molecule has 1 N–H and O–H groups in total. The van der Waals surface area contributed by atoms with Gasteiger partial charge in [0, 0.05) is 6.04 Å². The molecule has 1 aliphatic carbocycles. The van der Waals surface area contributed by atoms with Gasteiger partial charge in [-0.25, -0.2) is 13.1 Å². The molecule has 2 rings (SSSR count). The van der Waals surface area contributed by atoms with Crippen LogP contribution < -0.4 is 4.72 Å². The predicted octanol–water partition coefficient (Wildman–Crippen LogP) is 3.43. The summed E-state index contributed by atoms with van der Waals surface area (Å²) in [6.07, 6.45) is 3.25. The largest absolute Gasteiger partial charge is 0.240 e. The highest BCUT2D eigenvalue weighted by molar-refractivity contribution is 7.89. The van der Waals surface area contributed by atoms with E-state index in [9.17, 15) is 8.42 Å². The molecular weight excluding hydrogens is 270 g/mol. The molecule has 0 aliphatic heterocycles. The lowest BCUT2D eigenvalue weighted by atomic mass is 9.74. The van der Waals surface area contributed by atoms with E-state index in [4.69, 9.17) is 0 Å². The van der Waals surface area contributed by atoms with Crippen molar-refractivity contribution in [2.75, 3.05) is 0 Å². The Morgan fingerprint density at radius 1 is 1.15 bits per heavy atom. The molecule has 1 saturated carbocycles. The normalized spacial score (nSPS) is 27.7. The first-order valence-corrected chi connectivity index (χ1v) is 8.96. The van der Waals surface area contributed by atoms with Crippen LogP contribution in [0.2, 0.25) is 0 Å². The minimum Gasteiger partial charge on any atom is -0.208 e. The van der Waals surface area contributed by atoms with E-state index in [-0.39, 0.29) is 6.04 Å². The van der Waals surface area contributed by atoms with Crippen molar-refractivity contribution in [2.45, 2.75) is 51.0 Å². The molecule has 0 bridgehead atoms. The zero-order chi connectivity index (χ0) is 14.8. The topological polar surface area (TPSA) is 46.2 Å². The average molecular weight is 295 g/mol. The molecule has 1 fully saturated rings. The van der Waals surface area contributed by atoms with Gasteiger partial charge in [0.15, 0.2) is 0 Å². The van der Waals surface area contributed by atoms with E-state index >= 15 is 0 Å². The van der Waals surface area contributed by atoms with Crippen LogP contribution in [0, 0.1) is 17.8 Å². The molecule has 1 aliphatic rings. The average Bonchev–Trinajstić information content (AvgIpc) is 2.39. The van der Waals surface area contributed by atoms with Gasteiger partial charge in [-0.3, -0.25) is 0 Å². The van der Waals surface area contributed by atoms with Gasteiger partial charge < -0.3 is 0 Å². The van der Waals surface area contributed by atoms with Crippen molar-refractivity contribution in [3.63, 3.8) is 0 Å². The summed E-state index contributed by atoms with van der Waals surface area (Å²) in [5.74, 6) is 1.53. The third-order valence-corrected chi connectivity index (χ3v) is 5.89. The summed E-state index contributed by atoms with van der Waals surface area (Å²) in [7, 11) is -3.40. The van der Waals surface area contributed by atoms with Gasteiger partial charge >= 0.3 is 0 Å². The molecule has 0 unspecified atom stereocenters. The zero-order valence-corrected chi connectivity index (χ0v) is 13.4. The molecule has 3 nitrogen and oxygen atoms in total. The summed E-state index contributed by atoms with van der Waals surface area (Å²) in [6.45, 7) is 6.58. The van der Waals surface area contributed by atoms with E-state index < -0.39 is 10.0 Å². The Morgan fingerprint density at radius 3 is 2.40 bits per heavy atom. The molecule has 1 aromatic rings. The Balaban J connectivity index is 2.18. The lowest BCUT2D eigenvalue weighted by Gasteiger charge is -2.37. The quantitative estimate of drug-likeness (QED) is 0.925. The Labute approximate surface area is 122 Å². The van der Waals surface area contributed by atoms with Crippen molar-refractivity contribution in [3.05, 3.63) is 30.3 Å². The van der Waals surface area contributed by atoms with E-state index in [0.717, 1.165) is 12.8 Å². The van der Waals surface area contributed by atoms with Crippen LogP contribution in [0.3, 0.4) is 0 Å². The maximum Gasteiger partial charge on any atom is 0.240 e. The van der Waals surface area contributed by atoms with E-state index in [0.29, 0.717) is 22.6 Å². The standard InChI is InChI=1S/C16H25NO2S/c1-12(2)15-10-9-13(3)11-16(15)17-20(18,19)14-7-5-4-6-8-14/h4-8,12-13,15-17H,9-11H2,1-3H3/t13-,15+,16-/m1/s1. The van der Waals surface area contributed by atoms with Gasteiger partial charge in [-0.1, -0.05) is 45.4 Å². The van der Waals surface area contributed by atoms with Crippen LogP contribution in [0.25, 0.3) is 0 Å². The maximum atomic E-state index is 12.5. The number of hydrogen-bond donors (Lipinski definition) is 1. The van der Waals surface area contributed by atoms with Gasteiger partial charge in [-0.05, 0) is 42.7 Å². The molecule has 20 heavy (non-hydrogen) atoms. The summed E-state index contributed by atoms with van der Waals surface area (Å²) < 4.78 is 27.9. The molecule has 0 saturated heterocycles. The molecule has 0 amide bonds. The second-order valence-corrected chi connectivity index (χ2v) is 8.08. The molecule has 0 heterocycles. The smallest absolute Gasteiger partial charge is 0.208 e. The molecule has 0 spiro atoms. The Morgan fingerprint density at radius 2 is 1.80 bits per heavy atom. The van der Waals surface area contributed by atoms with Crippen molar-refractivity contribution in [3.8, 4) is 0 Å². The van der Waals surface area contributed by atoms with Crippen LogP contribution in [0.1, 0.15) is 40.0 Å². The van der Waals surface area contributed by atoms with Crippen molar-refractivity contribution in [1.82, 2.24) is 4.72 Å². The first kappa shape index (κ1) is 15.5. The monoisotopic (exact) mass is 295 g/mol. The second kappa shape index (κ2) is 6.27. The number of rotatable bonds is 4. The van der Waals surface area contributed by atoms with Crippen LogP contribution in [0.4, 0.5) is 0 Å². The predicted molar refractivity (Wildman–Crippen MR) is 81.9 cm³/mol. The SMILES string of the molecule is CC(C)[C@@H]1CC[C@@H](C)C[C@H]1NS(=O)(=O)c1ccccc1. The van der Waals surface area contributed by atoms with E-state index in [1.807, 2.05) is 6.07 Å². The number of benzene rings is 1. The van der Waals surface area contributed by atoms with E-state index in [1.54, 1.807) is 24.3 Å². The molecule has 0 aromatic heterocycles. The summed E-state index contributed by atoms with van der Waals surface area (Å²) in [4.78, 5) is 0.362. The highest BCUT2D eigenvalue weighted by Gasteiger charge is 2.33. The van der Waals surface area contributed by atoms with E-state index in [1.165, 1.54) is 6.42 Å². The van der Waals surface area contributed by atoms with Gasteiger partial charge in [0.2, 0.25) is 10.0 Å². The number of nitrogens with one attached hydrogen (secondary N) is 1. The lowest BCUT2D eigenvalue weighted by Crippen LogP contribution is -2.45. The lowest BCUT2D eigenvalue weighted by molar-refractivity contribution is 0.188. The third kappa shape index (κ3) is 3.61. The van der Waals surface area contributed by atoms with Gasteiger partial charge in [0.1, 0.15) is 0 Å². The fraction of sp³-hybridized carbons (Fsp3) is 0.625. The number of hydrogen-bond acceptors (Lipinski definition) is 2. The fourth-order valence-corrected chi connectivity index (χ4v) is 4.53. The van der Waals surface area contributed by atoms with Gasteiger partial charge in [-0.2, -0.15) is 0 Å². The van der Waals surface area contributed by atoms with Gasteiger partial charge in [-0.15, -0.1) is 0 Å². The minimum absolute atomic E-state index is 0.0592. The molecule has 0 radical (unpaired) electrons. The highest BCUT2D eigenvalue weighted by Crippen LogP contribution is 2.34. The second-order valence-electron chi connectivity index (χ2n) is 6.37. The van der Waals surface area contributed by atoms with Crippen molar-refractivity contribution < 1.29 is 8.42 Å². The highest BCUT2D eigenvalue weighted by atomic mass is 32.2. The molecular formula is C16H25NO2S. The summed E-state index contributed by atoms with van der Waals surface area (Å²) in [5.41, 5.74) is 0. The molecule has 4 heteroatoms. The van der Waals surface area contributed by atoms with Crippen molar-refractivity contribution in [1.29, 1.82) is 0 Å². The van der Waals surface area contributed by atoms with Crippen LogP contribution in [0.5, 0.6) is 0 Å². The molecule has 112 valence electrons. The Hall–Kier alpha value is -0.870. The van der Waals surface area contributed by atoms with Crippen LogP contribution in [-0.2, 0) is 10.0 Å². The zero-order valence-electron chi connectivity index (χ0n) is 12.5. The summed E-state index contributed by atoms with van der Waals surface area (Å²) in [5, 5.41) is 0. The summed E-state index contributed by atoms with van der Waals surface area (Å²) >= 11 is 0. The van der Waals surface area contributed by atoms with Crippen LogP contribution in [0.15, 0.2) is 35.2 Å². The van der Waals surface area contributed by atoms with Crippen molar-refractivity contribution in [2.24, 2.45) is 17.8 Å².